The zero-order chi connectivity index (χ0) is 13.1. The molecule has 2 N–H and O–H groups in total. The van der Waals surface area contributed by atoms with E-state index in [-0.39, 0.29) is 11.8 Å². The minimum absolute atomic E-state index is 0.0193. The van der Waals surface area contributed by atoms with E-state index < -0.39 is 0 Å². The molecule has 1 amide bonds. The highest BCUT2D eigenvalue weighted by Gasteiger charge is 2.29. The van der Waals surface area contributed by atoms with E-state index in [4.69, 9.17) is 16.3 Å². The van der Waals surface area contributed by atoms with Gasteiger partial charge in [-0.3, -0.25) is 4.79 Å². The normalized spacial score (nSPS) is 22.8. The molecule has 1 fully saturated rings. The highest BCUT2D eigenvalue weighted by atomic mass is 35.5. The van der Waals surface area contributed by atoms with Crippen LogP contribution in [0.4, 0.5) is 5.69 Å². The number of benzene rings is 1. The van der Waals surface area contributed by atoms with Crippen molar-refractivity contribution in [2.45, 2.75) is 6.92 Å². The van der Waals surface area contributed by atoms with Crippen molar-refractivity contribution in [2.75, 3.05) is 25.5 Å². The van der Waals surface area contributed by atoms with Crippen LogP contribution in [0.25, 0.3) is 0 Å². The van der Waals surface area contributed by atoms with Crippen molar-refractivity contribution in [1.82, 2.24) is 5.32 Å². The molecular weight excluding hydrogens is 252 g/mol. The summed E-state index contributed by atoms with van der Waals surface area (Å²) in [6.45, 7) is 3.70. The summed E-state index contributed by atoms with van der Waals surface area (Å²) >= 11 is 6.01. The van der Waals surface area contributed by atoms with E-state index in [0.29, 0.717) is 22.4 Å². The Labute approximate surface area is 112 Å². The summed E-state index contributed by atoms with van der Waals surface area (Å²) in [5, 5.41) is 6.59. The second-order valence-electron chi connectivity index (χ2n) is 4.58. The van der Waals surface area contributed by atoms with Crippen molar-refractivity contribution in [3.63, 3.8) is 0 Å². The molecule has 5 heteroatoms. The first-order chi connectivity index (χ1) is 8.61. The van der Waals surface area contributed by atoms with E-state index in [2.05, 4.69) is 17.6 Å². The van der Waals surface area contributed by atoms with Crippen LogP contribution in [0.5, 0.6) is 5.75 Å². The molecule has 2 atom stereocenters. The molecule has 1 aliphatic heterocycles. The van der Waals surface area contributed by atoms with Gasteiger partial charge < -0.3 is 15.4 Å². The van der Waals surface area contributed by atoms with Gasteiger partial charge in [0.15, 0.2) is 0 Å². The third kappa shape index (κ3) is 2.76. The molecule has 2 unspecified atom stereocenters. The Morgan fingerprint density at radius 1 is 1.50 bits per heavy atom. The third-order valence-electron chi connectivity index (χ3n) is 3.27. The predicted molar refractivity (Wildman–Crippen MR) is 72.2 cm³/mol. The number of hydrogen-bond acceptors (Lipinski definition) is 3. The molecule has 1 saturated heterocycles. The number of halogens is 1. The average molecular weight is 269 g/mol. The highest BCUT2D eigenvalue weighted by Crippen LogP contribution is 2.28. The minimum Gasteiger partial charge on any atom is -0.495 e. The van der Waals surface area contributed by atoms with Gasteiger partial charge in [-0.15, -0.1) is 0 Å². The molecular formula is C13H17ClN2O2. The summed E-state index contributed by atoms with van der Waals surface area (Å²) < 4.78 is 5.07. The lowest BCUT2D eigenvalue weighted by Gasteiger charge is -2.14. The van der Waals surface area contributed by atoms with Crippen LogP contribution in [-0.4, -0.2) is 26.1 Å². The molecule has 0 bridgehead atoms. The molecule has 4 nitrogen and oxygen atoms in total. The molecule has 0 spiro atoms. The molecule has 98 valence electrons. The molecule has 1 aromatic rings. The smallest absolute Gasteiger partial charge is 0.229 e. The summed E-state index contributed by atoms with van der Waals surface area (Å²) in [5.74, 6) is 1.02. The maximum absolute atomic E-state index is 12.1. The van der Waals surface area contributed by atoms with Crippen LogP contribution >= 0.6 is 11.6 Å². The van der Waals surface area contributed by atoms with Gasteiger partial charge in [-0.2, -0.15) is 0 Å². The van der Waals surface area contributed by atoms with Gasteiger partial charge in [0.2, 0.25) is 5.91 Å². The van der Waals surface area contributed by atoms with Crippen LogP contribution in [0.2, 0.25) is 5.02 Å². The topological polar surface area (TPSA) is 50.4 Å². The fourth-order valence-corrected chi connectivity index (χ4v) is 2.40. The Morgan fingerprint density at radius 2 is 2.28 bits per heavy atom. The van der Waals surface area contributed by atoms with Gasteiger partial charge in [-0.05, 0) is 30.7 Å². The molecule has 2 rings (SSSR count). The number of nitrogens with one attached hydrogen (secondary N) is 2. The van der Waals surface area contributed by atoms with E-state index in [0.717, 1.165) is 13.1 Å². The predicted octanol–water partition coefficient (Wildman–Crippen LogP) is 2.14. The van der Waals surface area contributed by atoms with E-state index in [1.54, 1.807) is 25.3 Å². The lowest BCUT2D eigenvalue weighted by atomic mass is 9.97. The SMILES string of the molecule is COc1ccc(NC(=O)C2CNCC2C)cc1Cl. The van der Waals surface area contributed by atoms with Gasteiger partial charge in [0.25, 0.3) is 0 Å². The second-order valence-corrected chi connectivity index (χ2v) is 4.99. The van der Waals surface area contributed by atoms with Gasteiger partial charge in [-0.25, -0.2) is 0 Å². The van der Waals surface area contributed by atoms with E-state index in [1.165, 1.54) is 0 Å². The summed E-state index contributed by atoms with van der Waals surface area (Å²) in [5.41, 5.74) is 0.699. The number of hydrogen-bond donors (Lipinski definition) is 2. The first-order valence-electron chi connectivity index (χ1n) is 5.97. The largest absolute Gasteiger partial charge is 0.495 e. The zero-order valence-corrected chi connectivity index (χ0v) is 11.3. The van der Waals surface area contributed by atoms with Gasteiger partial charge in [-0.1, -0.05) is 18.5 Å². The average Bonchev–Trinajstić information content (AvgIpc) is 2.76. The maximum Gasteiger partial charge on any atom is 0.229 e. The van der Waals surface area contributed by atoms with Gasteiger partial charge in [0.1, 0.15) is 5.75 Å². The minimum atomic E-state index is 0.0193. The summed E-state index contributed by atoms with van der Waals surface area (Å²) in [6.07, 6.45) is 0. The van der Waals surface area contributed by atoms with Crippen molar-refractivity contribution >= 4 is 23.2 Å². The number of ether oxygens (including phenoxy) is 1. The number of methoxy groups -OCH3 is 1. The monoisotopic (exact) mass is 268 g/mol. The Morgan fingerprint density at radius 3 is 2.83 bits per heavy atom. The molecule has 0 aliphatic carbocycles. The van der Waals surface area contributed by atoms with Crippen LogP contribution in [-0.2, 0) is 4.79 Å². The van der Waals surface area contributed by atoms with Crippen LogP contribution in [0.15, 0.2) is 18.2 Å². The standard InChI is InChI=1S/C13H17ClN2O2/c1-8-6-15-7-10(8)13(17)16-9-3-4-12(18-2)11(14)5-9/h3-5,8,10,15H,6-7H2,1-2H3,(H,16,17). The fourth-order valence-electron chi connectivity index (χ4n) is 2.14. The van der Waals surface area contributed by atoms with Crippen molar-refractivity contribution in [3.8, 4) is 5.75 Å². The highest BCUT2D eigenvalue weighted by molar-refractivity contribution is 6.32. The number of amides is 1. The number of rotatable bonds is 3. The van der Waals surface area contributed by atoms with E-state index in [1.807, 2.05) is 0 Å². The Balaban J connectivity index is 2.05. The zero-order valence-electron chi connectivity index (χ0n) is 10.5. The maximum atomic E-state index is 12.1. The molecule has 1 aliphatic rings. The fraction of sp³-hybridized carbons (Fsp3) is 0.462. The Bertz CT molecular complexity index is 451. The van der Waals surface area contributed by atoms with Crippen molar-refractivity contribution < 1.29 is 9.53 Å². The van der Waals surface area contributed by atoms with Crippen molar-refractivity contribution in [2.24, 2.45) is 11.8 Å². The number of carbonyl (C=O) groups is 1. The number of carbonyl (C=O) groups excluding carboxylic acids is 1. The molecule has 18 heavy (non-hydrogen) atoms. The summed E-state index contributed by atoms with van der Waals surface area (Å²) in [7, 11) is 1.56. The lowest BCUT2D eigenvalue weighted by Crippen LogP contribution is -2.27. The van der Waals surface area contributed by atoms with Gasteiger partial charge in [0.05, 0.1) is 18.1 Å². The van der Waals surface area contributed by atoms with Gasteiger partial charge >= 0.3 is 0 Å². The van der Waals surface area contributed by atoms with Crippen LogP contribution < -0.4 is 15.4 Å². The number of anilines is 1. The van der Waals surface area contributed by atoms with E-state index >= 15 is 0 Å². The first-order valence-corrected chi connectivity index (χ1v) is 6.34. The van der Waals surface area contributed by atoms with E-state index in [9.17, 15) is 4.79 Å². The van der Waals surface area contributed by atoms with Crippen LogP contribution in [0.1, 0.15) is 6.92 Å². The molecule has 0 aromatic heterocycles. The molecule has 0 radical (unpaired) electrons. The Kier molecular flexibility index (Phi) is 4.09. The quantitative estimate of drug-likeness (QED) is 0.883. The van der Waals surface area contributed by atoms with Crippen LogP contribution in [0.3, 0.4) is 0 Å². The van der Waals surface area contributed by atoms with Gasteiger partial charge in [0, 0.05) is 12.2 Å². The second kappa shape index (κ2) is 5.59. The third-order valence-corrected chi connectivity index (χ3v) is 3.57. The summed E-state index contributed by atoms with van der Waals surface area (Å²) in [4.78, 5) is 12.1. The van der Waals surface area contributed by atoms with Crippen molar-refractivity contribution in [3.05, 3.63) is 23.2 Å². The lowest BCUT2D eigenvalue weighted by molar-refractivity contribution is -0.120. The molecule has 1 aromatic carbocycles. The molecule has 1 heterocycles. The molecule has 0 saturated carbocycles. The first kappa shape index (κ1) is 13.2. The Hall–Kier alpha value is -1.26. The van der Waals surface area contributed by atoms with Crippen LogP contribution in [0, 0.1) is 11.8 Å². The summed E-state index contributed by atoms with van der Waals surface area (Å²) in [6, 6.07) is 5.23. The van der Waals surface area contributed by atoms with Crippen molar-refractivity contribution in [1.29, 1.82) is 0 Å².